The molecule has 2 unspecified atom stereocenters. The van der Waals surface area contributed by atoms with Gasteiger partial charge in [-0.25, -0.2) is 4.98 Å². The summed E-state index contributed by atoms with van der Waals surface area (Å²) in [6, 6.07) is 0.0967. The van der Waals surface area contributed by atoms with Crippen LogP contribution >= 0.6 is 23.7 Å². The number of carbonyl (C=O) groups excluding carboxylic acids is 1. The van der Waals surface area contributed by atoms with Gasteiger partial charge < -0.3 is 11.1 Å². The highest BCUT2D eigenvalue weighted by atomic mass is 35.5. The van der Waals surface area contributed by atoms with Crippen LogP contribution in [0.4, 0.5) is 18.3 Å². The SMILES string of the molecule is Cl.N[C@H]1CCc2nc(NC(=O)C3CCCCC3C(F)(F)F)sc2C1. The smallest absolute Gasteiger partial charge is 0.327 e. The summed E-state index contributed by atoms with van der Waals surface area (Å²) < 4.78 is 39.3. The van der Waals surface area contributed by atoms with Gasteiger partial charge in [0.1, 0.15) is 0 Å². The molecule has 2 aliphatic carbocycles. The van der Waals surface area contributed by atoms with Gasteiger partial charge in [-0.3, -0.25) is 4.79 Å². The number of hydrogen-bond donors (Lipinski definition) is 2. The second kappa shape index (κ2) is 7.58. The van der Waals surface area contributed by atoms with Gasteiger partial charge in [0.15, 0.2) is 5.13 Å². The summed E-state index contributed by atoms with van der Waals surface area (Å²) >= 11 is 1.34. The molecule has 3 N–H and O–H groups in total. The molecular weight excluding hydrogens is 363 g/mol. The van der Waals surface area contributed by atoms with E-state index in [0.29, 0.717) is 18.0 Å². The van der Waals surface area contributed by atoms with E-state index >= 15 is 0 Å². The third-order valence-corrected chi connectivity index (χ3v) is 5.77. The molecule has 0 spiro atoms. The van der Waals surface area contributed by atoms with Crippen LogP contribution in [0.3, 0.4) is 0 Å². The number of nitrogens with one attached hydrogen (secondary N) is 1. The van der Waals surface area contributed by atoms with Gasteiger partial charge in [0.25, 0.3) is 0 Å². The van der Waals surface area contributed by atoms with Gasteiger partial charge in [-0.1, -0.05) is 12.8 Å². The first-order valence-electron chi connectivity index (χ1n) is 7.96. The second-order valence-corrected chi connectivity index (χ2v) is 7.50. The molecule has 9 heteroatoms. The first kappa shape index (κ1) is 19.5. The van der Waals surface area contributed by atoms with E-state index in [1.807, 2.05) is 0 Å². The molecule has 3 rings (SSSR count). The highest BCUT2D eigenvalue weighted by Crippen LogP contribution is 2.42. The first-order chi connectivity index (χ1) is 10.8. The molecule has 0 saturated heterocycles. The van der Waals surface area contributed by atoms with E-state index < -0.39 is 23.9 Å². The third kappa shape index (κ3) is 4.21. The molecule has 1 heterocycles. The molecule has 4 nitrogen and oxygen atoms in total. The number of hydrogen-bond acceptors (Lipinski definition) is 4. The van der Waals surface area contributed by atoms with Crippen molar-refractivity contribution in [2.75, 3.05) is 5.32 Å². The molecule has 1 aromatic heterocycles. The molecule has 0 aliphatic heterocycles. The predicted octanol–water partition coefficient (Wildman–Crippen LogP) is 3.69. The van der Waals surface area contributed by atoms with Gasteiger partial charge in [0, 0.05) is 16.8 Å². The maximum absolute atomic E-state index is 13.1. The first-order valence-corrected chi connectivity index (χ1v) is 8.78. The number of thiazole rings is 1. The summed E-state index contributed by atoms with van der Waals surface area (Å²) in [5, 5.41) is 3.02. The van der Waals surface area contributed by atoms with Gasteiger partial charge in [0.2, 0.25) is 5.91 Å². The number of fused-ring (bicyclic) bond motifs is 1. The largest absolute Gasteiger partial charge is 0.392 e. The maximum Gasteiger partial charge on any atom is 0.392 e. The van der Waals surface area contributed by atoms with Crippen molar-refractivity contribution in [1.29, 1.82) is 0 Å². The average molecular weight is 384 g/mol. The van der Waals surface area contributed by atoms with Crippen LogP contribution < -0.4 is 11.1 Å². The van der Waals surface area contributed by atoms with Gasteiger partial charge >= 0.3 is 6.18 Å². The molecule has 0 bridgehead atoms. The van der Waals surface area contributed by atoms with Crippen molar-refractivity contribution in [2.45, 2.75) is 57.2 Å². The monoisotopic (exact) mass is 383 g/mol. The van der Waals surface area contributed by atoms with Crippen molar-refractivity contribution in [3.8, 4) is 0 Å². The summed E-state index contributed by atoms with van der Waals surface area (Å²) in [4.78, 5) is 17.7. The topological polar surface area (TPSA) is 68.0 Å². The van der Waals surface area contributed by atoms with E-state index in [-0.39, 0.29) is 31.3 Å². The van der Waals surface area contributed by atoms with Crippen LogP contribution in [0.25, 0.3) is 0 Å². The lowest BCUT2D eigenvalue weighted by atomic mass is 9.78. The summed E-state index contributed by atoms with van der Waals surface area (Å²) in [7, 11) is 0. The van der Waals surface area contributed by atoms with Crippen molar-refractivity contribution >= 4 is 34.8 Å². The number of nitrogens with zero attached hydrogens (tertiary/aromatic N) is 1. The van der Waals surface area contributed by atoms with E-state index in [2.05, 4.69) is 10.3 Å². The van der Waals surface area contributed by atoms with Crippen molar-refractivity contribution in [2.24, 2.45) is 17.6 Å². The van der Waals surface area contributed by atoms with Crippen molar-refractivity contribution < 1.29 is 18.0 Å². The lowest BCUT2D eigenvalue weighted by Gasteiger charge is -2.31. The molecule has 1 amide bonds. The number of anilines is 1. The molecule has 0 aromatic carbocycles. The minimum Gasteiger partial charge on any atom is -0.327 e. The Bertz CT molecular complexity index is 593. The molecule has 1 fully saturated rings. The Balaban J connectivity index is 0.00000208. The summed E-state index contributed by atoms with van der Waals surface area (Å²) in [6.45, 7) is 0. The van der Waals surface area contributed by atoms with Crippen molar-refractivity contribution in [3.05, 3.63) is 10.6 Å². The molecular formula is C15H21ClF3N3OS. The summed E-state index contributed by atoms with van der Waals surface area (Å²) in [6.07, 6.45) is -0.489. The standard InChI is InChI=1S/C15H20F3N3OS.ClH/c16-15(17,18)10-4-2-1-3-9(10)13(22)21-14-20-11-6-5-8(19)7-12(11)23-14;/h8-10H,1-7,19H2,(H,20,21,22);1H/t8-,9?,10?;/m0./s1. The van der Waals surface area contributed by atoms with Crippen molar-refractivity contribution in [1.82, 2.24) is 4.98 Å². The highest BCUT2D eigenvalue weighted by Gasteiger charge is 2.48. The minimum atomic E-state index is -4.32. The fraction of sp³-hybridized carbons (Fsp3) is 0.733. The number of aryl methyl sites for hydroxylation is 1. The van der Waals surface area contributed by atoms with Gasteiger partial charge in [-0.15, -0.1) is 23.7 Å². The fourth-order valence-electron chi connectivity index (χ4n) is 3.49. The highest BCUT2D eigenvalue weighted by molar-refractivity contribution is 7.15. The maximum atomic E-state index is 13.1. The summed E-state index contributed by atoms with van der Waals surface area (Å²) in [5.41, 5.74) is 6.83. The van der Waals surface area contributed by atoms with Crippen LogP contribution in [-0.2, 0) is 17.6 Å². The lowest BCUT2D eigenvalue weighted by Crippen LogP contribution is -2.39. The van der Waals surface area contributed by atoms with E-state index in [1.165, 1.54) is 11.3 Å². The Hall–Kier alpha value is -0.860. The Labute approximate surface area is 148 Å². The Morgan fingerprint density at radius 3 is 2.67 bits per heavy atom. The van der Waals surface area contributed by atoms with Gasteiger partial charge in [0.05, 0.1) is 11.6 Å². The molecule has 1 aromatic rings. The quantitative estimate of drug-likeness (QED) is 0.818. The lowest BCUT2D eigenvalue weighted by molar-refractivity contribution is -0.197. The van der Waals surface area contributed by atoms with Gasteiger partial charge in [-0.2, -0.15) is 13.2 Å². The van der Waals surface area contributed by atoms with Crippen LogP contribution in [0.5, 0.6) is 0 Å². The van der Waals surface area contributed by atoms with Crippen LogP contribution in [0.2, 0.25) is 0 Å². The Morgan fingerprint density at radius 1 is 1.25 bits per heavy atom. The zero-order chi connectivity index (χ0) is 16.6. The van der Waals surface area contributed by atoms with E-state index in [9.17, 15) is 18.0 Å². The average Bonchev–Trinajstić information content (AvgIpc) is 2.87. The number of amides is 1. The zero-order valence-electron chi connectivity index (χ0n) is 13.1. The fourth-order valence-corrected chi connectivity index (χ4v) is 4.59. The number of alkyl halides is 3. The molecule has 24 heavy (non-hydrogen) atoms. The van der Waals surface area contributed by atoms with Crippen LogP contribution in [0.1, 0.15) is 42.7 Å². The molecule has 0 radical (unpaired) electrons. The minimum absolute atomic E-state index is 0. The van der Waals surface area contributed by atoms with Crippen molar-refractivity contribution in [3.63, 3.8) is 0 Å². The van der Waals surface area contributed by atoms with E-state index in [4.69, 9.17) is 5.73 Å². The molecule has 2 aliphatic rings. The van der Waals surface area contributed by atoms with Crippen LogP contribution in [0.15, 0.2) is 0 Å². The predicted molar refractivity (Wildman–Crippen MR) is 89.5 cm³/mol. The molecule has 3 atom stereocenters. The van der Waals surface area contributed by atoms with Crippen LogP contribution in [0, 0.1) is 11.8 Å². The Kier molecular flexibility index (Phi) is 6.14. The van der Waals surface area contributed by atoms with E-state index in [1.54, 1.807) is 0 Å². The number of rotatable bonds is 2. The molecule has 136 valence electrons. The normalized spacial score (nSPS) is 27.1. The zero-order valence-corrected chi connectivity index (χ0v) is 14.7. The van der Waals surface area contributed by atoms with E-state index in [0.717, 1.165) is 29.8 Å². The molecule has 1 saturated carbocycles. The number of carbonyl (C=O) groups is 1. The number of nitrogens with two attached hydrogens (primary N) is 1. The second-order valence-electron chi connectivity index (χ2n) is 6.42. The van der Waals surface area contributed by atoms with Crippen LogP contribution in [-0.4, -0.2) is 23.1 Å². The number of halogens is 4. The summed E-state index contributed by atoms with van der Waals surface area (Å²) in [5.74, 6) is -3.10. The Morgan fingerprint density at radius 2 is 1.96 bits per heavy atom. The van der Waals surface area contributed by atoms with Gasteiger partial charge in [-0.05, 0) is 32.1 Å². The number of aromatic nitrogens is 1. The third-order valence-electron chi connectivity index (χ3n) is 4.73.